The monoisotopic (exact) mass is 287 g/mol. The lowest BCUT2D eigenvalue weighted by atomic mass is 10.1. The summed E-state index contributed by atoms with van der Waals surface area (Å²) in [6.07, 6.45) is -4.64. The number of hydrogen-bond donors (Lipinski definition) is 2. The summed E-state index contributed by atoms with van der Waals surface area (Å²) in [4.78, 5) is 3.98. The Hall–Kier alpha value is -2.09. The van der Waals surface area contributed by atoms with E-state index in [0.717, 1.165) is 12.1 Å². The van der Waals surface area contributed by atoms with Crippen LogP contribution in [0.4, 0.5) is 13.2 Å². The van der Waals surface area contributed by atoms with Gasteiger partial charge in [-0.3, -0.25) is 0 Å². The van der Waals surface area contributed by atoms with Gasteiger partial charge in [0.25, 0.3) is 0 Å². The number of phenolic OH excluding ortho intramolecular Hbond substituents is 1. The van der Waals surface area contributed by atoms with Crippen molar-refractivity contribution in [1.82, 2.24) is 15.5 Å². The van der Waals surface area contributed by atoms with E-state index in [9.17, 15) is 18.3 Å². The Morgan fingerprint density at radius 3 is 2.75 bits per heavy atom. The van der Waals surface area contributed by atoms with E-state index in [-0.39, 0.29) is 17.3 Å². The van der Waals surface area contributed by atoms with E-state index in [1.165, 1.54) is 6.07 Å². The van der Waals surface area contributed by atoms with Crippen LogP contribution in [0.15, 0.2) is 22.7 Å². The maximum atomic E-state index is 12.7. The molecule has 0 radical (unpaired) electrons. The number of aromatic nitrogens is 2. The average molecular weight is 287 g/mol. The number of benzene rings is 1. The molecule has 8 heteroatoms. The molecule has 0 atom stereocenters. The van der Waals surface area contributed by atoms with Gasteiger partial charge in [0.2, 0.25) is 11.7 Å². The molecule has 1 aromatic heterocycles. The highest BCUT2D eigenvalue weighted by Gasteiger charge is 2.34. The van der Waals surface area contributed by atoms with Crippen molar-refractivity contribution in [1.29, 1.82) is 0 Å². The Bertz CT molecular complexity index is 596. The molecule has 108 valence electrons. The molecule has 0 bridgehead atoms. The van der Waals surface area contributed by atoms with Crippen LogP contribution in [0.1, 0.15) is 18.4 Å². The van der Waals surface area contributed by atoms with Gasteiger partial charge in [0.1, 0.15) is 5.75 Å². The van der Waals surface area contributed by atoms with E-state index in [0.29, 0.717) is 13.1 Å². The van der Waals surface area contributed by atoms with Crippen molar-refractivity contribution < 1.29 is 22.8 Å². The number of alkyl halides is 3. The van der Waals surface area contributed by atoms with Crippen LogP contribution in [0.25, 0.3) is 11.4 Å². The second kappa shape index (κ2) is 5.49. The number of hydrogen-bond acceptors (Lipinski definition) is 5. The van der Waals surface area contributed by atoms with E-state index in [2.05, 4.69) is 15.5 Å². The zero-order valence-corrected chi connectivity index (χ0v) is 10.5. The summed E-state index contributed by atoms with van der Waals surface area (Å²) < 4.78 is 43.0. The molecular weight excluding hydrogens is 275 g/mol. The second-order valence-corrected chi connectivity index (χ2v) is 4.02. The van der Waals surface area contributed by atoms with Crippen LogP contribution in [-0.4, -0.2) is 21.8 Å². The molecule has 2 rings (SSSR count). The van der Waals surface area contributed by atoms with E-state index < -0.39 is 17.5 Å². The predicted octanol–water partition coefficient (Wildman–Crippen LogP) is 2.57. The molecule has 0 spiro atoms. The van der Waals surface area contributed by atoms with E-state index >= 15 is 0 Å². The van der Waals surface area contributed by atoms with Crippen molar-refractivity contribution in [2.24, 2.45) is 0 Å². The first-order chi connectivity index (χ1) is 9.41. The molecule has 0 saturated heterocycles. The third-order valence-corrected chi connectivity index (χ3v) is 2.55. The summed E-state index contributed by atoms with van der Waals surface area (Å²) in [5.41, 5.74) is -1.00. The lowest BCUT2D eigenvalue weighted by molar-refractivity contribution is -0.138. The molecule has 0 fully saturated rings. The minimum absolute atomic E-state index is 0.0448. The standard InChI is InChI=1S/C12H12F3N3O2/c1-2-16-6-10-17-11(18-20-10)7-3-4-9(19)8(5-7)12(13,14)15/h3-5,16,19H,2,6H2,1H3. The van der Waals surface area contributed by atoms with Crippen LogP contribution < -0.4 is 5.32 Å². The molecule has 0 aliphatic carbocycles. The Morgan fingerprint density at radius 2 is 2.10 bits per heavy atom. The Morgan fingerprint density at radius 1 is 1.35 bits per heavy atom. The van der Waals surface area contributed by atoms with Crippen molar-refractivity contribution in [3.63, 3.8) is 0 Å². The molecule has 2 aromatic rings. The molecule has 0 unspecified atom stereocenters. The van der Waals surface area contributed by atoms with Gasteiger partial charge in [0, 0.05) is 5.56 Å². The lowest BCUT2D eigenvalue weighted by Gasteiger charge is -2.09. The highest BCUT2D eigenvalue weighted by Crippen LogP contribution is 2.37. The minimum Gasteiger partial charge on any atom is -0.507 e. The Labute approximate surface area is 112 Å². The van der Waals surface area contributed by atoms with Crippen molar-refractivity contribution in [3.8, 4) is 17.1 Å². The van der Waals surface area contributed by atoms with E-state index in [4.69, 9.17) is 4.52 Å². The van der Waals surface area contributed by atoms with Crippen LogP contribution in [0.2, 0.25) is 0 Å². The summed E-state index contributed by atoms with van der Waals surface area (Å²) in [6, 6.07) is 3.04. The van der Waals surface area contributed by atoms with Crippen molar-refractivity contribution in [2.75, 3.05) is 6.54 Å². The molecule has 1 heterocycles. The first-order valence-electron chi connectivity index (χ1n) is 5.85. The maximum absolute atomic E-state index is 12.7. The van der Waals surface area contributed by atoms with Gasteiger partial charge in [-0.05, 0) is 24.7 Å². The van der Waals surface area contributed by atoms with Gasteiger partial charge in [-0.15, -0.1) is 0 Å². The summed E-state index contributed by atoms with van der Waals surface area (Å²) in [5.74, 6) is -0.510. The van der Waals surface area contributed by atoms with Crippen molar-refractivity contribution in [3.05, 3.63) is 29.7 Å². The third-order valence-electron chi connectivity index (χ3n) is 2.55. The molecular formula is C12H12F3N3O2. The van der Waals surface area contributed by atoms with Gasteiger partial charge in [0.05, 0.1) is 12.1 Å². The SMILES string of the molecule is CCNCc1nc(-c2ccc(O)c(C(F)(F)F)c2)no1. The highest BCUT2D eigenvalue weighted by molar-refractivity contribution is 5.58. The highest BCUT2D eigenvalue weighted by atomic mass is 19.4. The summed E-state index contributed by atoms with van der Waals surface area (Å²) in [5, 5.41) is 15.8. The zero-order valence-electron chi connectivity index (χ0n) is 10.5. The Balaban J connectivity index is 2.31. The molecule has 20 heavy (non-hydrogen) atoms. The third kappa shape index (κ3) is 3.08. The first-order valence-corrected chi connectivity index (χ1v) is 5.85. The molecule has 0 aliphatic rings. The molecule has 5 nitrogen and oxygen atoms in total. The van der Waals surface area contributed by atoms with Crippen LogP contribution in [0, 0.1) is 0 Å². The molecule has 0 saturated carbocycles. The number of rotatable bonds is 4. The second-order valence-electron chi connectivity index (χ2n) is 4.02. The molecule has 2 N–H and O–H groups in total. The van der Waals surface area contributed by atoms with Crippen molar-refractivity contribution >= 4 is 0 Å². The number of halogens is 3. The summed E-state index contributed by atoms with van der Waals surface area (Å²) >= 11 is 0. The average Bonchev–Trinajstić information content (AvgIpc) is 2.84. The fourth-order valence-corrected chi connectivity index (χ4v) is 1.58. The van der Waals surface area contributed by atoms with Gasteiger partial charge in [-0.2, -0.15) is 18.2 Å². The summed E-state index contributed by atoms with van der Waals surface area (Å²) in [7, 11) is 0. The van der Waals surface area contributed by atoms with Crippen LogP contribution in [0.3, 0.4) is 0 Å². The van der Waals surface area contributed by atoms with Gasteiger partial charge < -0.3 is 14.9 Å². The van der Waals surface area contributed by atoms with Gasteiger partial charge in [-0.1, -0.05) is 12.1 Å². The number of nitrogens with one attached hydrogen (secondary N) is 1. The predicted molar refractivity (Wildman–Crippen MR) is 63.8 cm³/mol. The fourth-order valence-electron chi connectivity index (χ4n) is 1.58. The first kappa shape index (κ1) is 14.3. The quantitative estimate of drug-likeness (QED) is 0.904. The van der Waals surface area contributed by atoms with E-state index in [1.807, 2.05) is 6.92 Å². The van der Waals surface area contributed by atoms with Crippen LogP contribution >= 0.6 is 0 Å². The smallest absolute Gasteiger partial charge is 0.419 e. The topological polar surface area (TPSA) is 71.2 Å². The van der Waals surface area contributed by atoms with Crippen LogP contribution in [-0.2, 0) is 12.7 Å². The number of nitrogens with zero attached hydrogens (tertiary/aromatic N) is 2. The summed E-state index contributed by atoms with van der Waals surface area (Å²) in [6.45, 7) is 2.94. The number of aromatic hydroxyl groups is 1. The van der Waals surface area contributed by atoms with Gasteiger partial charge in [0.15, 0.2) is 0 Å². The molecule has 1 aromatic carbocycles. The van der Waals surface area contributed by atoms with Crippen LogP contribution in [0.5, 0.6) is 5.75 Å². The zero-order chi connectivity index (χ0) is 14.8. The maximum Gasteiger partial charge on any atom is 0.419 e. The Kier molecular flexibility index (Phi) is 3.93. The van der Waals surface area contributed by atoms with Gasteiger partial charge >= 0.3 is 6.18 Å². The van der Waals surface area contributed by atoms with Crippen molar-refractivity contribution in [2.45, 2.75) is 19.6 Å². The lowest BCUT2D eigenvalue weighted by Crippen LogP contribution is -2.11. The van der Waals surface area contributed by atoms with E-state index in [1.54, 1.807) is 0 Å². The van der Waals surface area contributed by atoms with Gasteiger partial charge in [-0.25, -0.2) is 0 Å². The molecule has 0 amide bonds. The minimum atomic E-state index is -4.64. The normalized spacial score (nSPS) is 11.8. The molecule has 0 aliphatic heterocycles. The fraction of sp³-hybridized carbons (Fsp3) is 0.333. The largest absolute Gasteiger partial charge is 0.507 e. The number of phenols is 1.